The first-order valence-electron chi connectivity index (χ1n) is 20.3. The van der Waals surface area contributed by atoms with Gasteiger partial charge in [-0.25, -0.2) is 4.85 Å². The van der Waals surface area contributed by atoms with Crippen molar-refractivity contribution in [2.75, 3.05) is 0 Å². The van der Waals surface area contributed by atoms with Gasteiger partial charge >= 0.3 is 0 Å². The molecule has 9 aromatic rings. The summed E-state index contributed by atoms with van der Waals surface area (Å²) in [6, 6.07) is 39.1. The SMILES string of the molecule is [C-]#[N+]c1c(-n2c3ccc(C(C)(C)C)cc3c3cc(C(C)(C)C)ccc32)c(-n2c3ccc(C(C)(C)C)cc3c3cc(C(C)(C)C)ccc32)cc2c1sc1ccccc12. The smallest absolute Gasteiger partial charge is 0.230 e. The van der Waals surface area contributed by atoms with Crippen LogP contribution in [0.15, 0.2) is 103 Å². The highest BCUT2D eigenvalue weighted by molar-refractivity contribution is 7.26. The molecule has 0 saturated carbocycles. The highest BCUT2D eigenvalue weighted by Gasteiger charge is 2.28. The third-order valence-corrected chi connectivity index (χ3v) is 13.4. The maximum Gasteiger partial charge on any atom is 0.230 e. The number of thiophene rings is 1. The van der Waals surface area contributed by atoms with Crippen LogP contribution in [0, 0.1) is 6.57 Å². The molecule has 0 spiro atoms. The van der Waals surface area contributed by atoms with Crippen molar-refractivity contribution in [2.45, 2.75) is 105 Å². The van der Waals surface area contributed by atoms with E-state index in [0.29, 0.717) is 5.69 Å². The number of hydrogen-bond acceptors (Lipinski definition) is 1. The molecule has 0 aliphatic carbocycles. The summed E-state index contributed by atoms with van der Waals surface area (Å²) in [6.07, 6.45) is 0. The van der Waals surface area contributed by atoms with Gasteiger partial charge in [0.2, 0.25) is 5.69 Å². The molecule has 0 atom stereocenters. The van der Waals surface area contributed by atoms with E-state index in [1.807, 2.05) is 0 Å². The summed E-state index contributed by atoms with van der Waals surface area (Å²) in [4.78, 5) is 4.53. The van der Waals surface area contributed by atoms with Gasteiger partial charge in [0.25, 0.3) is 0 Å². The lowest BCUT2D eigenvalue weighted by Crippen LogP contribution is -2.11. The number of hydrogen-bond donors (Lipinski definition) is 0. The van der Waals surface area contributed by atoms with Crippen LogP contribution in [0.25, 0.3) is 80.0 Å². The average Bonchev–Trinajstić information content (AvgIpc) is 3.79. The summed E-state index contributed by atoms with van der Waals surface area (Å²) in [5, 5.41) is 7.22. The van der Waals surface area contributed by atoms with Crippen LogP contribution in [-0.4, -0.2) is 9.13 Å². The van der Waals surface area contributed by atoms with E-state index in [9.17, 15) is 0 Å². The number of fused-ring (bicyclic) bond motifs is 9. The molecule has 3 nitrogen and oxygen atoms in total. The molecule has 4 heteroatoms. The number of aromatic nitrogens is 2. The van der Waals surface area contributed by atoms with Gasteiger partial charge < -0.3 is 9.13 Å². The van der Waals surface area contributed by atoms with Gasteiger partial charge in [-0.1, -0.05) is 126 Å². The molecule has 0 N–H and O–H groups in total. The number of benzene rings is 6. The Morgan fingerprint density at radius 2 is 0.825 bits per heavy atom. The van der Waals surface area contributed by atoms with E-state index in [0.717, 1.165) is 43.5 Å². The van der Waals surface area contributed by atoms with Gasteiger partial charge in [0.05, 0.1) is 40.0 Å². The van der Waals surface area contributed by atoms with E-state index in [4.69, 9.17) is 6.57 Å². The van der Waals surface area contributed by atoms with Gasteiger partial charge in [-0.05, 0) is 115 Å². The highest BCUT2D eigenvalue weighted by Crippen LogP contribution is 2.50. The summed E-state index contributed by atoms with van der Waals surface area (Å²) in [6.45, 7) is 36.5. The van der Waals surface area contributed by atoms with Crippen molar-refractivity contribution in [3.8, 4) is 11.4 Å². The lowest BCUT2D eigenvalue weighted by molar-refractivity contribution is 0.590. The van der Waals surface area contributed by atoms with Crippen molar-refractivity contribution in [3.63, 3.8) is 0 Å². The Labute approximate surface area is 341 Å². The molecule has 0 bridgehead atoms. The molecule has 9 rings (SSSR count). The zero-order valence-electron chi connectivity index (χ0n) is 35.6. The second-order valence-electron chi connectivity index (χ2n) is 20.3. The monoisotopic (exact) mass is 763 g/mol. The fraction of sp³-hybridized carbons (Fsp3) is 0.302. The van der Waals surface area contributed by atoms with Crippen molar-refractivity contribution >= 4 is 80.8 Å². The predicted molar refractivity (Wildman–Crippen MR) is 249 cm³/mol. The van der Waals surface area contributed by atoms with E-state index in [-0.39, 0.29) is 21.7 Å². The molecule has 0 fully saturated rings. The number of rotatable bonds is 2. The van der Waals surface area contributed by atoms with Crippen LogP contribution in [0.3, 0.4) is 0 Å². The molecule has 3 heterocycles. The van der Waals surface area contributed by atoms with Crippen molar-refractivity contribution in [1.29, 1.82) is 0 Å². The van der Waals surface area contributed by atoms with E-state index in [1.54, 1.807) is 11.3 Å². The molecule has 0 aliphatic rings. The minimum atomic E-state index is -0.0200. The third kappa shape index (κ3) is 5.80. The first-order chi connectivity index (χ1) is 26.8. The van der Waals surface area contributed by atoms with Crippen LogP contribution in [0.2, 0.25) is 0 Å². The molecule has 0 aliphatic heterocycles. The van der Waals surface area contributed by atoms with Crippen LogP contribution < -0.4 is 0 Å². The summed E-state index contributed by atoms with van der Waals surface area (Å²) in [5.41, 5.74) is 12.3. The summed E-state index contributed by atoms with van der Waals surface area (Å²) in [7, 11) is 0. The molecular formula is C53H53N3S. The molecule has 0 saturated heterocycles. The Balaban J connectivity index is 1.52. The van der Waals surface area contributed by atoms with Crippen LogP contribution in [0.1, 0.15) is 105 Å². The van der Waals surface area contributed by atoms with E-state index < -0.39 is 0 Å². The van der Waals surface area contributed by atoms with E-state index in [1.165, 1.54) is 53.9 Å². The van der Waals surface area contributed by atoms with Crippen molar-refractivity contribution in [3.05, 3.63) is 137 Å². The topological polar surface area (TPSA) is 14.2 Å². The van der Waals surface area contributed by atoms with Gasteiger partial charge in [0.1, 0.15) is 0 Å². The Hall–Kier alpha value is -5.37. The standard InChI is InChI=1S/C53H53N3S/c1-50(2,3)31-18-22-41-36(26-31)37-27-32(51(4,5)6)19-23-42(37)55(41)45-30-40-35-16-14-15-17-46(35)57-49(40)47(54-13)48(45)56-43-24-20-33(52(7,8)9)28-38(43)39-29-34(53(10,11)12)21-25-44(39)56/h14-30H,1-12H3. The van der Waals surface area contributed by atoms with Gasteiger partial charge in [-0.2, -0.15) is 0 Å². The van der Waals surface area contributed by atoms with Crippen molar-refractivity contribution < 1.29 is 0 Å². The molecule has 0 unspecified atom stereocenters. The first kappa shape index (κ1) is 37.2. The van der Waals surface area contributed by atoms with Gasteiger partial charge in [-0.15, -0.1) is 11.3 Å². The quantitative estimate of drug-likeness (QED) is 0.156. The van der Waals surface area contributed by atoms with Crippen molar-refractivity contribution in [2.24, 2.45) is 0 Å². The lowest BCUT2D eigenvalue weighted by Gasteiger charge is -2.22. The van der Waals surface area contributed by atoms with Gasteiger partial charge in [0.15, 0.2) is 0 Å². The molecule has 6 aromatic carbocycles. The molecule has 286 valence electrons. The predicted octanol–water partition coefficient (Wildman–Crippen LogP) is 16.0. The molecular weight excluding hydrogens is 711 g/mol. The number of nitrogens with zero attached hydrogens (tertiary/aromatic N) is 3. The molecule has 0 radical (unpaired) electrons. The second kappa shape index (κ2) is 12.3. The Bertz CT molecular complexity index is 3020. The van der Waals surface area contributed by atoms with Crippen molar-refractivity contribution in [1.82, 2.24) is 9.13 Å². The Morgan fingerprint density at radius 3 is 1.21 bits per heavy atom. The summed E-state index contributed by atoms with van der Waals surface area (Å²) >= 11 is 1.73. The van der Waals surface area contributed by atoms with Gasteiger partial charge in [-0.3, -0.25) is 0 Å². The maximum atomic E-state index is 9.04. The molecule has 3 aromatic heterocycles. The highest BCUT2D eigenvalue weighted by atomic mass is 32.1. The Kier molecular flexibility index (Phi) is 8.04. The first-order valence-corrected chi connectivity index (χ1v) is 21.1. The normalized spacial score (nSPS) is 13.2. The fourth-order valence-electron chi connectivity index (χ4n) is 8.73. The van der Waals surface area contributed by atoms with Crippen LogP contribution >= 0.6 is 11.3 Å². The largest absolute Gasteiger partial charge is 0.317 e. The minimum Gasteiger partial charge on any atom is -0.317 e. The van der Waals surface area contributed by atoms with Crippen LogP contribution in [-0.2, 0) is 21.7 Å². The van der Waals surface area contributed by atoms with E-state index in [2.05, 4.69) is 200 Å². The minimum absolute atomic E-state index is 0.0119. The zero-order valence-corrected chi connectivity index (χ0v) is 36.4. The Morgan fingerprint density at radius 1 is 0.439 bits per heavy atom. The third-order valence-electron chi connectivity index (χ3n) is 12.2. The second-order valence-corrected chi connectivity index (χ2v) is 21.3. The summed E-state index contributed by atoms with van der Waals surface area (Å²) in [5.74, 6) is 0. The van der Waals surface area contributed by atoms with Crippen LogP contribution in [0.5, 0.6) is 0 Å². The average molecular weight is 764 g/mol. The molecule has 0 amide bonds. The molecule has 57 heavy (non-hydrogen) atoms. The maximum absolute atomic E-state index is 9.04. The fourth-order valence-corrected chi connectivity index (χ4v) is 9.90. The van der Waals surface area contributed by atoms with E-state index >= 15 is 0 Å². The zero-order chi connectivity index (χ0) is 40.6. The lowest BCUT2D eigenvalue weighted by atomic mass is 9.85. The summed E-state index contributed by atoms with van der Waals surface area (Å²) < 4.78 is 7.10. The van der Waals surface area contributed by atoms with Gasteiger partial charge in [0, 0.05) is 30.9 Å². The van der Waals surface area contributed by atoms with Crippen LogP contribution in [0.4, 0.5) is 5.69 Å².